The van der Waals surface area contributed by atoms with Gasteiger partial charge in [-0.25, -0.2) is 4.98 Å². The average molecular weight is 802 g/mol. The number of carbonyl (C=O) groups is 1. The van der Waals surface area contributed by atoms with Crippen LogP contribution in [0, 0.1) is 6.92 Å². The van der Waals surface area contributed by atoms with Crippen molar-refractivity contribution in [2.45, 2.75) is 23.9 Å². The largest absolute Gasteiger partial charge is 0.484 e. The van der Waals surface area contributed by atoms with E-state index in [4.69, 9.17) is 31.4 Å². The first kappa shape index (κ1) is 38.8. The van der Waals surface area contributed by atoms with Gasteiger partial charge in [-0.1, -0.05) is 23.7 Å². The van der Waals surface area contributed by atoms with Gasteiger partial charge in [-0.3, -0.25) is 14.2 Å². The zero-order valence-electron chi connectivity index (χ0n) is 29.0. The Morgan fingerprint density at radius 1 is 0.981 bits per heavy atom. The van der Waals surface area contributed by atoms with Crippen LogP contribution in [-0.4, -0.2) is 77.2 Å². The average Bonchev–Trinajstić information content (AvgIpc) is 3.64. The molecule has 3 N–H and O–H groups in total. The van der Waals surface area contributed by atoms with Crippen molar-refractivity contribution in [1.82, 2.24) is 19.4 Å². The number of aromatic nitrogens is 2. The Labute approximate surface area is 318 Å². The molecule has 0 spiro atoms. The number of amides is 1. The maximum absolute atomic E-state index is 13.4. The summed E-state index contributed by atoms with van der Waals surface area (Å²) in [5.74, 6) is 1.18. The third kappa shape index (κ3) is 9.43. The van der Waals surface area contributed by atoms with Crippen LogP contribution in [0.3, 0.4) is 0 Å². The van der Waals surface area contributed by atoms with E-state index in [0.29, 0.717) is 66.3 Å². The summed E-state index contributed by atoms with van der Waals surface area (Å²) in [7, 11) is -2.27. The highest BCUT2D eigenvalue weighted by atomic mass is 35.5. The molecule has 0 radical (unpaired) electrons. The standard InChI is InChI=1S/C28H28F3N5O3.C9H7ClO3S2/c1-34-24-15-23(39-26-9-5-21(32)16-33-26)8-4-20(24)14-25(34)27(37)36-12-10-35(11-13-36)17-19-2-6-22(7-3-19)38-18-28(29,30)31;1-5-7-4-6(10)2-3-8(7)14-9(5)15(11,12)13/h2-9,14-16H,10-13,17-18,32H2,1H3;2-4H,1H3,(H,11,12,13). The van der Waals surface area contributed by atoms with Gasteiger partial charge in [0.25, 0.3) is 5.91 Å². The summed E-state index contributed by atoms with van der Waals surface area (Å²) in [6.45, 7) is 3.51. The van der Waals surface area contributed by atoms with E-state index >= 15 is 0 Å². The van der Waals surface area contributed by atoms with Crippen molar-refractivity contribution < 1.29 is 40.4 Å². The van der Waals surface area contributed by atoms with E-state index in [2.05, 4.69) is 9.88 Å². The minimum Gasteiger partial charge on any atom is -0.484 e. The second-order valence-electron chi connectivity index (χ2n) is 12.6. The van der Waals surface area contributed by atoms with Crippen molar-refractivity contribution in [2.24, 2.45) is 7.05 Å². The Kier molecular flexibility index (Phi) is 11.4. The minimum atomic E-state index is -4.37. The first-order valence-electron chi connectivity index (χ1n) is 16.5. The molecule has 6 aromatic rings. The number of ether oxygens (including phenoxy) is 2. The molecule has 4 heterocycles. The minimum absolute atomic E-state index is 0.0141. The molecular formula is C37H35ClF3N5O6S2. The van der Waals surface area contributed by atoms with Gasteiger partial charge in [0.2, 0.25) is 5.88 Å². The van der Waals surface area contributed by atoms with Crippen LogP contribution >= 0.6 is 22.9 Å². The molecule has 0 bridgehead atoms. The van der Waals surface area contributed by atoms with Gasteiger partial charge in [-0.2, -0.15) is 21.6 Å². The smallest absolute Gasteiger partial charge is 0.422 e. The van der Waals surface area contributed by atoms with Crippen LogP contribution in [-0.2, 0) is 23.7 Å². The molecule has 1 amide bonds. The van der Waals surface area contributed by atoms with E-state index in [0.717, 1.165) is 37.9 Å². The van der Waals surface area contributed by atoms with Gasteiger partial charge in [0.15, 0.2) is 10.8 Å². The van der Waals surface area contributed by atoms with Crippen LogP contribution in [0.15, 0.2) is 89.3 Å². The fourth-order valence-corrected chi connectivity index (χ4v) is 8.23. The molecule has 1 aliphatic heterocycles. The first-order chi connectivity index (χ1) is 25.5. The molecule has 54 heavy (non-hydrogen) atoms. The van der Waals surface area contributed by atoms with Crippen LogP contribution in [0.2, 0.25) is 5.02 Å². The second-order valence-corrected chi connectivity index (χ2v) is 15.7. The number of pyridine rings is 1. The Morgan fingerprint density at radius 2 is 1.69 bits per heavy atom. The molecule has 0 atom stereocenters. The zero-order valence-corrected chi connectivity index (χ0v) is 31.4. The van der Waals surface area contributed by atoms with Crippen LogP contribution in [0.5, 0.6) is 17.4 Å². The second kappa shape index (κ2) is 15.8. The molecule has 17 heteroatoms. The zero-order chi connectivity index (χ0) is 38.8. The van der Waals surface area contributed by atoms with Crippen LogP contribution in [0.1, 0.15) is 21.6 Å². The molecule has 284 valence electrons. The molecule has 0 aliphatic carbocycles. The first-order valence-corrected chi connectivity index (χ1v) is 19.1. The van der Waals surface area contributed by atoms with Crippen LogP contribution in [0.4, 0.5) is 18.9 Å². The molecule has 1 aliphatic rings. The fourth-order valence-electron chi connectivity index (χ4n) is 5.95. The normalized spacial score (nSPS) is 13.9. The number of anilines is 1. The molecule has 1 fully saturated rings. The number of fused-ring (bicyclic) bond motifs is 2. The van der Waals surface area contributed by atoms with E-state index in [9.17, 15) is 26.4 Å². The van der Waals surface area contributed by atoms with Crippen LogP contribution in [0.25, 0.3) is 21.0 Å². The van der Waals surface area contributed by atoms with Crippen molar-refractivity contribution in [3.63, 3.8) is 0 Å². The van der Waals surface area contributed by atoms with Gasteiger partial charge < -0.3 is 24.7 Å². The van der Waals surface area contributed by atoms with E-state index in [1.165, 1.54) is 6.20 Å². The van der Waals surface area contributed by atoms with E-state index in [-0.39, 0.29) is 15.9 Å². The highest BCUT2D eigenvalue weighted by Gasteiger charge is 2.28. The SMILES string of the molecule is Cc1c(S(=O)(=O)O)sc2ccc(Cl)cc12.Cn1c(C(=O)N2CCN(Cc3ccc(OCC(F)(F)F)cc3)CC2)cc2ccc(Oc3ccc(N)cn3)cc21. The number of thiophene rings is 1. The number of hydrogen-bond acceptors (Lipinski definition) is 9. The third-order valence-corrected chi connectivity index (χ3v) is 11.7. The number of nitrogens with zero attached hydrogens (tertiary/aromatic N) is 4. The van der Waals surface area contributed by atoms with E-state index in [1.807, 2.05) is 40.8 Å². The lowest BCUT2D eigenvalue weighted by Gasteiger charge is -2.34. The lowest BCUT2D eigenvalue weighted by atomic mass is 10.2. The van der Waals surface area contributed by atoms with Crippen molar-refractivity contribution >= 4 is 65.6 Å². The number of carbonyl (C=O) groups excluding carboxylic acids is 1. The van der Waals surface area contributed by atoms with Gasteiger partial charge in [-0.15, -0.1) is 11.3 Å². The van der Waals surface area contributed by atoms with Crippen molar-refractivity contribution in [3.8, 4) is 17.4 Å². The monoisotopic (exact) mass is 801 g/mol. The predicted octanol–water partition coefficient (Wildman–Crippen LogP) is 7.96. The van der Waals surface area contributed by atoms with Crippen molar-refractivity contribution in [1.29, 1.82) is 0 Å². The summed E-state index contributed by atoms with van der Waals surface area (Å²) in [5.41, 5.74) is 9.20. The molecule has 7 rings (SSSR count). The summed E-state index contributed by atoms with van der Waals surface area (Å²) in [5, 5.41) is 2.24. The molecule has 3 aromatic heterocycles. The number of rotatable bonds is 8. The molecule has 0 unspecified atom stereocenters. The highest BCUT2D eigenvalue weighted by Crippen LogP contribution is 2.35. The fraction of sp³-hybridized carbons (Fsp3) is 0.243. The van der Waals surface area contributed by atoms with Gasteiger partial charge in [0, 0.05) is 67.0 Å². The number of piperazine rings is 1. The lowest BCUT2D eigenvalue weighted by molar-refractivity contribution is -0.153. The van der Waals surface area contributed by atoms with Gasteiger partial charge in [0.1, 0.15) is 17.2 Å². The van der Waals surface area contributed by atoms with Crippen molar-refractivity contribution in [3.05, 3.63) is 107 Å². The number of nitrogen functional groups attached to an aromatic ring is 1. The van der Waals surface area contributed by atoms with E-state index in [1.54, 1.807) is 61.5 Å². The summed E-state index contributed by atoms with van der Waals surface area (Å²) >= 11 is 6.85. The quantitative estimate of drug-likeness (QED) is 0.147. The number of nitrogens with two attached hydrogens (primary N) is 1. The van der Waals surface area contributed by atoms with Gasteiger partial charge in [-0.05, 0) is 78.0 Å². The maximum atomic E-state index is 13.4. The highest BCUT2D eigenvalue weighted by molar-refractivity contribution is 7.88. The molecular weight excluding hydrogens is 767 g/mol. The van der Waals surface area contributed by atoms with E-state index < -0.39 is 22.9 Å². The summed E-state index contributed by atoms with van der Waals surface area (Å²) in [4.78, 5) is 21.6. The van der Waals surface area contributed by atoms with Crippen LogP contribution < -0.4 is 15.2 Å². The Hall–Kier alpha value is -4.87. The topological polar surface area (TPSA) is 140 Å². The maximum Gasteiger partial charge on any atom is 0.422 e. The Balaban J connectivity index is 0.000000276. The number of aryl methyl sites for hydroxylation is 2. The molecule has 1 saturated heterocycles. The number of hydrogen-bond donors (Lipinski definition) is 2. The summed E-state index contributed by atoms with van der Waals surface area (Å²) < 4.78 is 81.3. The van der Waals surface area contributed by atoms with Crippen molar-refractivity contribution in [2.75, 3.05) is 38.5 Å². The number of alkyl halides is 3. The van der Waals surface area contributed by atoms with Gasteiger partial charge >= 0.3 is 16.3 Å². The summed E-state index contributed by atoms with van der Waals surface area (Å²) in [6.07, 6.45) is -2.84. The summed E-state index contributed by atoms with van der Waals surface area (Å²) in [6, 6.07) is 22.7. The third-order valence-electron chi connectivity index (χ3n) is 8.70. The predicted molar refractivity (Wildman–Crippen MR) is 202 cm³/mol. The molecule has 0 saturated carbocycles. The lowest BCUT2D eigenvalue weighted by Crippen LogP contribution is -2.48. The van der Waals surface area contributed by atoms with Gasteiger partial charge in [0.05, 0.1) is 17.4 Å². The number of halogens is 4. The Morgan fingerprint density at radius 3 is 2.33 bits per heavy atom. The molecule has 11 nitrogen and oxygen atoms in total. The molecule has 3 aromatic carbocycles. The Bertz CT molecular complexity index is 2390. The number of benzene rings is 3.